The van der Waals surface area contributed by atoms with Crippen molar-refractivity contribution in [2.75, 3.05) is 19.6 Å². The Morgan fingerprint density at radius 1 is 0.882 bits per heavy atom. The van der Waals surface area contributed by atoms with Gasteiger partial charge in [0.15, 0.2) is 0 Å². The molecule has 0 radical (unpaired) electrons. The van der Waals surface area contributed by atoms with Crippen molar-refractivity contribution < 1.29 is 0 Å². The molecule has 3 unspecified atom stereocenters. The predicted molar refractivity (Wildman–Crippen MR) is 72.2 cm³/mol. The van der Waals surface area contributed by atoms with E-state index in [4.69, 9.17) is 0 Å². The Balaban J connectivity index is 1.56. The lowest BCUT2D eigenvalue weighted by Crippen LogP contribution is -2.52. The first kappa shape index (κ1) is 12.0. The minimum atomic E-state index is 0.796. The third kappa shape index (κ3) is 2.85. The summed E-state index contributed by atoms with van der Waals surface area (Å²) in [6, 6.07) is 1.74. The molecule has 0 aromatic rings. The molecule has 2 aliphatic heterocycles. The van der Waals surface area contributed by atoms with Crippen LogP contribution in [0.4, 0.5) is 0 Å². The van der Waals surface area contributed by atoms with Crippen molar-refractivity contribution in [3.05, 3.63) is 0 Å². The standard InChI is InChI=1S/C15H28N2/c1-2-9-15-13(6-1)7-5-11-17(15)12-14-8-3-4-10-16-14/h13-16H,1-12H2. The number of likely N-dealkylation sites (tertiary alicyclic amines) is 1. The number of fused-ring (bicyclic) bond motifs is 1. The summed E-state index contributed by atoms with van der Waals surface area (Å²) in [5, 5.41) is 3.72. The second kappa shape index (κ2) is 5.71. The first-order valence-electron chi connectivity index (χ1n) is 7.91. The van der Waals surface area contributed by atoms with Crippen LogP contribution in [0, 0.1) is 5.92 Å². The van der Waals surface area contributed by atoms with Crippen LogP contribution in [0.5, 0.6) is 0 Å². The number of hydrogen-bond acceptors (Lipinski definition) is 2. The van der Waals surface area contributed by atoms with E-state index in [0.717, 1.165) is 18.0 Å². The van der Waals surface area contributed by atoms with Gasteiger partial charge >= 0.3 is 0 Å². The second-order valence-corrected chi connectivity index (χ2v) is 6.40. The van der Waals surface area contributed by atoms with Crippen LogP contribution in [0.25, 0.3) is 0 Å². The zero-order valence-electron chi connectivity index (χ0n) is 11.2. The van der Waals surface area contributed by atoms with E-state index < -0.39 is 0 Å². The lowest BCUT2D eigenvalue weighted by atomic mass is 9.78. The van der Waals surface area contributed by atoms with Gasteiger partial charge in [0.05, 0.1) is 0 Å². The minimum absolute atomic E-state index is 0.796. The Hall–Kier alpha value is -0.0800. The van der Waals surface area contributed by atoms with Crippen LogP contribution in [-0.4, -0.2) is 36.6 Å². The third-order valence-corrected chi connectivity index (χ3v) is 5.23. The van der Waals surface area contributed by atoms with E-state index >= 15 is 0 Å². The van der Waals surface area contributed by atoms with Crippen molar-refractivity contribution in [1.82, 2.24) is 10.2 Å². The summed E-state index contributed by atoms with van der Waals surface area (Å²) < 4.78 is 0. The lowest BCUT2D eigenvalue weighted by Gasteiger charge is -2.45. The summed E-state index contributed by atoms with van der Waals surface area (Å²) in [6.45, 7) is 3.97. The molecule has 1 saturated carbocycles. The molecule has 2 saturated heterocycles. The summed E-state index contributed by atoms with van der Waals surface area (Å²) in [7, 11) is 0. The van der Waals surface area contributed by atoms with Crippen LogP contribution >= 0.6 is 0 Å². The molecule has 3 fully saturated rings. The number of hydrogen-bond donors (Lipinski definition) is 1. The van der Waals surface area contributed by atoms with Gasteiger partial charge in [-0.2, -0.15) is 0 Å². The van der Waals surface area contributed by atoms with E-state index in [0.29, 0.717) is 0 Å². The molecule has 3 aliphatic rings. The fraction of sp³-hybridized carbons (Fsp3) is 1.00. The Kier molecular flexibility index (Phi) is 4.02. The lowest BCUT2D eigenvalue weighted by molar-refractivity contribution is 0.0503. The quantitative estimate of drug-likeness (QED) is 0.793. The van der Waals surface area contributed by atoms with Gasteiger partial charge in [-0.05, 0) is 57.5 Å². The molecule has 0 amide bonds. The van der Waals surface area contributed by atoms with Gasteiger partial charge in [0.1, 0.15) is 0 Å². The fourth-order valence-corrected chi connectivity index (χ4v) is 4.32. The van der Waals surface area contributed by atoms with E-state index in [2.05, 4.69) is 10.2 Å². The highest BCUT2D eigenvalue weighted by atomic mass is 15.2. The summed E-state index contributed by atoms with van der Waals surface area (Å²) in [4.78, 5) is 2.84. The van der Waals surface area contributed by atoms with Gasteiger partial charge in [0.25, 0.3) is 0 Å². The van der Waals surface area contributed by atoms with Crippen LogP contribution in [0.1, 0.15) is 57.8 Å². The molecule has 0 aromatic heterocycles. The Bertz CT molecular complexity index is 233. The van der Waals surface area contributed by atoms with Crippen LogP contribution in [0.3, 0.4) is 0 Å². The van der Waals surface area contributed by atoms with Crippen molar-refractivity contribution in [3.63, 3.8) is 0 Å². The van der Waals surface area contributed by atoms with Crippen molar-refractivity contribution in [1.29, 1.82) is 0 Å². The average Bonchev–Trinajstić information content (AvgIpc) is 2.40. The smallest absolute Gasteiger partial charge is 0.0195 e. The van der Waals surface area contributed by atoms with Crippen LogP contribution in [-0.2, 0) is 0 Å². The van der Waals surface area contributed by atoms with Gasteiger partial charge in [-0.1, -0.05) is 19.3 Å². The molecule has 3 rings (SSSR count). The van der Waals surface area contributed by atoms with Crippen LogP contribution in [0.2, 0.25) is 0 Å². The first-order valence-corrected chi connectivity index (χ1v) is 7.91. The third-order valence-electron chi connectivity index (χ3n) is 5.23. The highest BCUT2D eigenvalue weighted by Gasteiger charge is 2.34. The van der Waals surface area contributed by atoms with E-state index in [1.807, 2.05) is 0 Å². The summed E-state index contributed by atoms with van der Waals surface area (Å²) in [6.07, 6.45) is 13.2. The molecule has 1 aliphatic carbocycles. The maximum Gasteiger partial charge on any atom is 0.0195 e. The maximum absolute atomic E-state index is 3.72. The molecule has 2 heteroatoms. The highest BCUT2D eigenvalue weighted by Crippen LogP contribution is 2.35. The summed E-state index contributed by atoms with van der Waals surface area (Å²) in [5.41, 5.74) is 0. The van der Waals surface area contributed by atoms with Crippen LogP contribution < -0.4 is 5.32 Å². The number of rotatable bonds is 2. The van der Waals surface area contributed by atoms with Crippen molar-refractivity contribution in [2.24, 2.45) is 5.92 Å². The molecule has 2 nitrogen and oxygen atoms in total. The van der Waals surface area contributed by atoms with E-state index in [1.54, 1.807) is 0 Å². The molecule has 98 valence electrons. The largest absolute Gasteiger partial charge is 0.313 e. The zero-order valence-corrected chi connectivity index (χ0v) is 11.2. The fourth-order valence-electron chi connectivity index (χ4n) is 4.32. The van der Waals surface area contributed by atoms with Crippen molar-refractivity contribution in [3.8, 4) is 0 Å². The molecule has 0 bridgehead atoms. The SMILES string of the molecule is C1CCC(CN2CCCC3CCCCC32)NC1. The molecule has 2 heterocycles. The van der Waals surface area contributed by atoms with Crippen molar-refractivity contribution >= 4 is 0 Å². The molecule has 0 spiro atoms. The van der Waals surface area contributed by atoms with Gasteiger partial charge in [0, 0.05) is 18.6 Å². The molecular weight excluding hydrogens is 208 g/mol. The number of nitrogens with zero attached hydrogens (tertiary/aromatic N) is 1. The Morgan fingerprint density at radius 2 is 1.71 bits per heavy atom. The molecular formula is C15H28N2. The molecule has 17 heavy (non-hydrogen) atoms. The van der Waals surface area contributed by atoms with E-state index in [-0.39, 0.29) is 0 Å². The molecule has 1 N–H and O–H groups in total. The normalized spacial score (nSPS) is 39.9. The highest BCUT2D eigenvalue weighted by molar-refractivity contribution is 4.89. The monoisotopic (exact) mass is 236 g/mol. The van der Waals surface area contributed by atoms with Gasteiger partial charge in [0.2, 0.25) is 0 Å². The Labute approximate surface area is 106 Å². The van der Waals surface area contributed by atoms with E-state index in [9.17, 15) is 0 Å². The first-order chi connectivity index (χ1) is 8.43. The van der Waals surface area contributed by atoms with Crippen LogP contribution in [0.15, 0.2) is 0 Å². The Morgan fingerprint density at radius 3 is 2.59 bits per heavy atom. The minimum Gasteiger partial charge on any atom is -0.313 e. The van der Waals surface area contributed by atoms with Gasteiger partial charge in [-0.15, -0.1) is 0 Å². The van der Waals surface area contributed by atoms with E-state index in [1.165, 1.54) is 77.4 Å². The van der Waals surface area contributed by atoms with Crippen molar-refractivity contribution in [2.45, 2.75) is 69.9 Å². The number of piperidine rings is 2. The van der Waals surface area contributed by atoms with Gasteiger partial charge in [-0.3, -0.25) is 4.90 Å². The van der Waals surface area contributed by atoms with Gasteiger partial charge < -0.3 is 5.32 Å². The maximum atomic E-state index is 3.72. The topological polar surface area (TPSA) is 15.3 Å². The molecule has 3 atom stereocenters. The average molecular weight is 236 g/mol. The predicted octanol–water partition coefficient (Wildman–Crippen LogP) is 2.78. The zero-order chi connectivity index (χ0) is 11.5. The van der Waals surface area contributed by atoms with Gasteiger partial charge in [-0.25, -0.2) is 0 Å². The molecule has 0 aromatic carbocycles. The summed E-state index contributed by atoms with van der Waals surface area (Å²) >= 11 is 0. The second-order valence-electron chi connectivity index (χ2n) is 6.40. The number of nitrogens with one attached hydrogen (secondary N) is 1. The summed E-state index contributed by atoms with van der Waals surface area (Å²) in [5.74, 6) is 1.04.